The minimum atomic E-state index is -0.296. The molecule has 2 heterocycles. The van der Waals surface area contributed by atoms with Crippen molar-refractivity contribution in [2.24, 2.45) is 16.6 Å². The van der Waals surface area contributed by atoms with Gasteiger partial charge in [-0.3, -0.25) is 24.4 Å². The molecule has 0 saturated heterocycles. The summed E-state index contributed by atoms with van der Waals surface area (Å²) in [6, 6.07) is 0. The number of fused-ring (bicyclic) bond motifs is 1. The summed E-state index contributed by atoms with van der Waals surface area (Å²) in [5, 5.41) is 2.39. The molecule has 0 fully saturated rings. The SMILES string of the molecule is CC(C)CN1C2=NCCN2C(=O)C(NC=O)=C1N. The van der Waals surface area contributed by atoms with Crippen LogP contribution in [0.3, 0.4) is 0 Å². The third-order valence-electron chi connectivity index (χ3n) is 2.82. The zero-order valence-electron chi connectivity index (χ0n) is 10.5. The van der Waals surface area contributed by atoms with Gasteiger partial charge in [-0.05, 0) is 5.92 Å². The lowest BCUT2D eigenvalue weighted by molar-refractivity contribution is -0.125. The molecule has 98 valence electrons. The van der Waals surface area contributed by atoms with Crippen molar-refractivity contribution in [1.82, 2.24) is 15.1 Å². The highest BCUT2D eigenvalue weighted by Crippen LogP contribution is 2.21. The zero-order chi connectivity index (χ0) is 13.3. The molecule has 0 aromatic carbocycles. The molecule has 0 spiro atoms. The fourth-order valence-electron chi connectivity index (χ4n) is 2.09. The maximum Gasteiger partial charge on any atom is 0.280 e. The third-order valence-corrected chi connectivity index (χ3v) is 2.82. The Morgan fingerprint density at radius 1 is 1.56 bits per heavy atom. The van der Waals surface area contributed by atoms with Crippen LogP contribution in [0.25, 0.3) is 0 Å². The molecule has 18 heavy (non-hydrogen) atoms. The van der Waals surface area contributed by atoms with Crippen LogP contribution in [-0.2, 0) is 9.59 Å². The van der Waals surface area contributed by atoms with Crippen LogP contribution in [0, 0.1) is 5.92 Å². The van der Waals surface area contributed by atoms with Crippen LogP contribution in [-0.4, -0.2) is 47.7 Å². The molecule has 0 saturated carbocycles. The van der Waals surface area contributed by atoms with Crippen LogP contribution >= 0.6 is 0 Å². The van der Waals surface area contributed by atoms with Crippen molar-refractivity contribution in [1.29, 1.82) is 0 Å². The Labute approximate surface area is 105 Å². The number of nitrogens with zero attached hydrogens (tertiary/aromatic N) is 3. The van der Waals surface area contributed by atoms with E-state index in [1.54, 1.807) is 9.80 Å². The van der Waals surface area contributed by atoms with Crippen molar-refractivity contribution >= 4 is 18.3 Å². The van der Waals surface area contributed by atoms with Gasteiger partial charge in [-0.2, -0.15) is 0 Å². The molecule has 2 aliphatic heterocycles. The summed E-state index contributed by atoms with van der Waals surface area (Å²) < 4.78 is 0. The van der Waals surface area contributed by atoms with E-state index in [4.69, 9.17) is 5.73 Å². The van der Waals surface area contributed by atoms with Gasteiger partial charge in [0.15, 0.2) is 0 Å². The summed E-state index contributed by atoms with van der Waals surface area (Å²) in [4.78, 5) is 30.3. The highest BCUT2D eigenvalue weighted by molar-refractivity contribution is 6.10. The first-order chi connectivity index (χ1) is 8.56. The Kier molecular flexibility index (Phi) is 3.22. The van der Waals surface area contributed by atoms with Gasteiger partial charge in [-0.25, -0.2) is 0 Å². The minimum Gasteiger partial charge on any atom is -0.383 e. The van der Waals surface area contributed by atoms with E-state index in [1.165, 1.54) is 0 Å². The summed E-state index contributed by atoms with van der Waals surface area (Å²) in [6.07, 6.45) is 0.464. The molecule has 0 aromatic rings. The standard InChI is InChI=1S/C11H17N5O2/c1-7(2)5-16-9(12)8(14-6-17)10(18)15-4-3-13-11(15)16/h6-7H,3-5,12H2,1-2H3,(H,14,17). The van der Waals surface area contributed by atoms with Gasteiger partial charge in [-0.15, -0.1) is 0 Å². The molecule has 0 bridgehead atoms. The van der Waals surface area contributed by atoms with Crippen molar-refractivity contribution in [3.63, 3.8) is 0 Å². The highest BCUT2D eigenvalue weighted by Gasteiger charge is 2.38. The average Bonchev–Trinajstić information content (AvgIpc) is 2.79. The molecular formula is C11H17N5O2. The second-order valence-corrected chi connectivity index (χ2v) is 4.67. The van der Waals surface area contributed by atoms with E-state index in [9.17, 15) is 9.59 Å². The van der Waals surface area contributed by atoms with Crippen molar-refractivity contribution < 1.29 is 9.59 Å². The Morgan fingerprint density at radius 3 is 2.89 bits per heavy atom. The predicted octanol–water partition coefficient (Wildman–Crippen LogP) is -0.970. The summed E-state index contributed by atoms with van der Waals surface area (Å²) in [5.41, 5.74) is 6.09. The first-order valence-corrected chi connectivity index (χ1v) is 5.90. The molecule has 2 amide bonds. The molecule has 7 heteroatoms. The molecule has 0 unspecified atom stereocenters. The molecule has 3 N–H and O–H groups in total. The largest absolute Gasteiger partial charge is 0.383 e. The number of nitrogens with one attached hydrogen (secondary N) is 1. The van der Waals surface area contributed by atoms with Crippen LogP contribution in [0.4, 0.5) is 0 Å². The Bertz CT molecular complexity index is 441. The molecule has 7 nitrogen and oxygen atoms in total. The minimum absolute atomic E-state index is 0.131. The number of nitrogens with two attached hydrogens (primary N) is 1. The van der Waals surface area contributed by atoms with Gasteiger partial charge in [0.25, 0.3) is 5.91 Å². The topological polar surface area (TPSA) is 91.0 Å². The summed E-state index contributed by atoms with van der Waals surface area (Å²) in [7, 11) is 0. The van der Waals surface area contributed by atoms with Crippen LogP contribution in [0.1, 0.15) is 13.8 Å². The fraction of sp³-hybridized carbons (Fsp3) is 0.545. The number of hydrogen-bond acceptors (Lipinski definition) is 5. The fourth-order valence-corrected chi connectivity index (χ4v) is 2.09. The van der Waals surface area contributed by atoms with Crippen molar-refractivity contribution in [2.45, 2.75) is 13.8 Å². The number of guanidine groups is 1. The van der Waals surface area contributed by atoms with Gasteiger partial charge in [0.1, 0.15) is 11.5 Å². The third kappa shape index (κ3) is 1.92. The van der Waals surface area contributed by atoms with Gasteiger partial charge >= 0.3 is 0 Å². The summed E-state index contributed by atoms with van der Waals surface area (Å²) in [6.45, 7) is 5.85. The lowest BCUT2D eigenvalue weighted by Crippen LogP contribution is -2.55. The van der Waals surface area contributed by atoms with Crippen LogP contribution in [0.15, 0.2) is 16.5 Å². The van der Waals surface area contributed by atoms with Gasteiger partial charge in [0.2, 0.25) is 12.4 Å². The lowest BCUT2D eigenvalue weighted by Gasteiger charge is -2.36. The molecular weight excluding hydrogens is 234 g/mol. The van der Waals surface area contributed by atoms with E-state index in [1.807, 2.05) is 0 Å². The number of hydrogen-bond donors (Lipinski definition) is 2. The molecule has 0 atom stereocenters. The van der Waals surface area contributed by atoms with Gasteiger partial charge in [0.05, 0.1) is 6.54 Å². The second kappa shape index (κ2) is 4.67. The van der Waals surface area contributed by atoms with Crippen LogP contribution in [0.2, 0.25) is 0 Å². The number of carbonyl (C=O) groups is 2. The first kappa shape index (κ1) is 12.4. The number of rotatable bonds is 4. The summed E-state index contributed by atoms with van der Waals surface area (Å²) >= 11 is 0. The highest BCUT2D eigenvalue weighted by atomic mass is 16.2. The Morgan fingerprint density at radius 2 is 2.28 bits per heavy atom. The van der Waals surface area contributed by atoms with E-state index in [-0.39, 0.29) is 17.4 Å². The molecule has 0 aromatic heterocycles. The second-order valence-electron chi connectivity index (χ2n) is 4.67. The number of aliphatic imine (C=N–C) groups is 1. The maximum absolute atomic E-state index is 12.1. The first-order valence-electron chi connectivity index (χ1n) is 5.90. The molecule has 2 rings (SSSR count). The van der Waals surface area contributed by atoms with Crippen molar-refractivity contribution in [2.75, 3.05) is 19.6 Å². The maximum atomic E-state index is 12.1. The smallest absolute Gasteiger partial charge is 0.280 e. The van der Waals surface area contributed by atoms with Crippen molar-refractivity contribution in [3.05, 3.63) is 11.5 Å². The van der Waals surface area contributed by atoms with E-state index in [2.05, 4.69) is 24.2 Å². The van der Waals surface area contributed by atoms with Gasteiger partial charge in [0, 0.05) is 13.1 Å². The molecule has 2 aliphatic rings. The van der Waals surface area contributed by atoms with E-state index in [0.717, 1.165) is 0 Å². The van der Waals surface area contributed by atoms with Crippen LogP contribution in [0.5, 0.6) is 0 Å². The van der Waals surface area contributed by atoms with E-state index < -0.39 is 0 Å². The predicted molar refractivity (Wildman–Crippen MR) is 66.0 cm³/mol. The Hall–Kier alpha value is -2.05. The van der Waals surface area contributed by atoms with Crippen LogP contribution < -0.4 is 11.1 Å². The average molecular weight is 251 g/mol. The molecule has 0 aliphatic carbocycles. The van der Waals surface area contributed by atoms with E-state index >= 15 is 0 Å². The quantitative estimate of drug-likeness (QED) is 0.629. The van der Waals surface area contributed by atoms with Crippen molar-refractivity contribution in [3.8, 4) is 0 Å². The Balaban J connectivity index is 2.40. The number of carbonyl (C=O) groups excluding carboxylic acids is 2. The number of amides is 2. The summed E-state index contributed by atoms with van der Waals surface area (Å²) in [5.74, 6) is 0.913. The van der Waals surface area contributed by atoms with Gasteiger partial charge in [-0.1, -0.05) is 13.8 Å². The van der Waals surface area contributed by atoms with E-state index in [0.29, 0.717) is 37.9 Å². The molecule has 0 radical (unpaired) electrons. The lowest BCUT2D eigenvalue weighted by atomic mass is 10.2. The zero-order valence-corrected chi connectivity index (χ0v) is 10.5. The monoisotopic (exact) mass is 251 g/mol. The van der Waals surface area contributed by atoms with Gasteiger partial charge < -0.3 is 11.1 Å². The normalized spacial score (nSPS) is 19.3.